The van der Waals surface area contributed by atoms with Crippen LogP contribution in [0.25, 0.3) is 156 Å². The second-order valence-corrected chi connectivity index (χ2v) is 37.8. The van der Waals surface area contributed by atoms with E-state index in [0.717, 1.165) is 72.5 Å². The molecule has 0 atom stereocenters. The summed E-state index contributed by atoms with van der Waals surface area (Å²) in [5.74, 6) is 1.88. The molecule has 6 heteroatoms. The molecule has 0 N–H and O–H groups in total. The summed E-state index contributed by atoms with van der Waals surface area (Å²) in [4.78, 5) is 17.6. The average Bonchev–Trinajstić information content (AvgIpc) is 1.52. The van der Waals surface area contributed by atoms with E-state index in [2.05, 4.69) is 401 Å². The van der Waals surface area contributed by atoms with E-state index in [-0.39, 0.29) is 39.2 Å². The van der Waals surface area contributed by atoms with Crippen molar-refractivity contribution in [1.82, 2.24) is 24.1 Å². The second kappa shape index (κ2) is 25.6. The highest BCUT2D eigenvalue weighted by molar-refractivity contribution is 7.00. The third-order valence-electron chi connectivity index (χ3n) is 23.8. The van der Waals surface area contributed by atoms with E-state index < -0.39 is 0 Å². The van der Waals surface area contributed by atoms with Crippen molar-refractivity contribution in [2.75, 3.05) is 0 Å². The van der Waals surface area contributed by atoms with Crippen LogP contribution in [0.1, 0.15) is 158 Å². The highest BCUT2D eigenvalue weighted by Crippen LogP contribution is 2.50. The van der Waals surface area contributed by atoms with Crippen molar-refractivity contribution in [3.63, 3.8) is 0 Å². The summed E-state index contributed by atoms with van der Waals surface area (Å²) in [5, 5.41) is 4.82. The molecular formula is C105H98BN5. The van der Waals surface area contributed by atoms with Gasteiger partial charge in [0.25, 0.3) is 6.71 Å². The summed E-state index contributed by atoms with van der Waals surface area (Å²) < 4.78 is 5.34. The Kier molecular flexibility index (Phi) is 16.4. The van der Waals surface area contributed by atoms with E-state index in [1.165, 1.54) is 116 Å². The molecule has 13 aromatic carbocycles. The lowest BCUT2D eigenvalue weighted by molar-refractivity contribution is 0.568. The summed E-state index contributed by atoms with van der Waals surface area (Å²) in [6.45, 7) is 41.4. The lowest BCUT2D eigenvalue weighted by atomic mass is 9.34. The fraction of sp³-hybridized carbons (Fsp3) is 0.229. The molecule has 18 rings (SSSR count). The number of hydrogen-bond acceptors (Lipinski definition) is 3. The van der Waals surface area contributed by atoms with Crippen LogP contribution in [0.3, 0.4) is 0 Å². The van der Waals surface area contributed by atoms with Crippen LogP contribution < -0.4 is 16.4 Å². The van der Waals surface area contributed by atoms with Crippen molar-refractivity contribution in [2.45, 2.75) is 157 Å². The third kappa shape index (κ3) is 12.4. The number of fused-ring (bicyclic) bond motifs is 10. The van der Waals surface area contributed by atoms with E-state index in [4.69, 9.17) is 15.0 Å². The number of nitrogens with zero attached hydrogens (tertiary/aromatic N) is 5. The van der Waals surface area contributed by atoms with Gasteiger partial charge < -0.3 is 9.13 Å². The van der Waals surface area contributed by atoms with Crippen molar-refractivity contribution < 1.29 is 0 Å². The van der Waals surface area contributed by atoms with E-state index in [1.54, 1.807) is 0 Å². The molecule has 0 radical (unpaired) electrons. The molecule has 0 amide bonds. The van der Waals surface area contributed by atoms with Gasteiger partial charge in [-0.1, -0.05) is 319 Å². The Morgan fingerprint density at radius 2 is 0.514 bits per heavy atom. The quantitative estimate of drug-likeness (QED) is 0.135. The molecule has 0 unspecified atom stereocenters. The zero-order valence-electron chi connectivity index (χ0n) is 67.7. The average molecular weight is 1440 g/mol. The van der Waals surface area contributed by atoms with Crippen LogP contribution in [-0.4, -0.2) is 30.8 Å². The summed E-state index contributed by atoms with van der Waals surface area (Å²) >= 11 is 0. The predicted octanol–water partition coefficient (Wildman–Crippen LogP) is 26.0. The number of aromatic nitrogens is 5. The maximum absolute atomic E-state index is 5.94. The van der Waals surface area contributed by atoms with Gasteiger partial charge in [0.1, 0.15) is 0 Å². The minimum Gasteiger partial charge on any atom is -0.310 e. The topological polar surface area (TPSA) is 48.5 Å². The van der Waals surface area contributed by atoms with Crippen molar-refractivity contribution >= 4 is 66.7 Å². The van der Waals surface area contributed by atoms with Crippen LogP contribution in [0, 0.1) is 0 Å². The van der Waals surface area contributed by atoms with Gasteiger partial charge in [0.05, 0.1) is 11.0 Å². The van der Waals surface area contributed by atoms with Crippen molar-refractivity contribution in [2.24, 2.45) is 0 Å². The highest BCUT2D eigenvalue weighted by Gasteiger charge is 2.43. The predicted molar refractivity (Wildman–Crippen MR) is 474 cm³/mol. The van der Waals surface area contributed by atoms with Gasteiger partial charge in [0.2, 0.25) is 0 Å². The molecule has 0 bridgehead atoms. The number of hydrogen-bond donors (Lipinski definition) is 0. The van der Waals surface area contributed by atoms with Crippen molar-refractivity contribution in [3.8, 4) is 112 Å². The zero-order valence-corrected chi connectivity index (χ0v) is 67.7. The number of benzene rings is 13. The third-order valence-corrected chi connectivity index (χ3v) is 23.8. The van der Waals surface area contributed by atoms with Gasteiger partial charge in [-0.2, -0.15) is 0 Å². The first kappa shape index (κ1) is 71.2. The van der Waals surface area contributed by atoms with E-state index in [1.807, 2.05) is 0 Å². The van der Waals surface area contributed by atoms with Crippen molar-refractivity contribution in [3.05, 3.63) is 300 Å². The Morgan fingerprint density at radius 1 is 0.234 bits per heavy atom. The molecule has 5 nitrogen and oxygen atoms in total. The Balaban J connectivity index is 1.05. The van der Waals surface area contributed by atoms with Gasteiger partial charge in [0.15, 0.2) is 17.5 Å². The molecule has 0 saturated carbocycles. The summed E-state index contributed by atoms with van der Waals surface area (Å²) in [6.07, 6.45) is 0. The molecule has 546 valence electrons. The summed E-state index contributed by atoms with van der Waals surface area (Å²) in [6, 6.07) is 102. The van der Waals surface area contributed by atoms with Gasteiger partial charge >= 0.3 is 0 Å². The monoisotopic (exact) mass is 1440 g/mol. The first-order valence-corrected chi connectivity index (χ1v) is 39.8. The maximum atomic E-state index is 5.94. The fourth-order valence-corrected chi connectivity index (χ4v) is 17.4. The van der Waals surface area contributed by atoms with Gasteiger partial charge in [0, 0.05) is 60.6 Å². The molecule has 0 spiro atoms. The molecule has 5 heterocycles. The van der Waals surface area contributed by atoms with E-state index >= 15 is 0 Å². The first-order chi connectivity index (χ1) is 52.8. The molecule has 2 aliphatic rings. The highest BCUT2D eigenvalue weighted by atomic mass is 15.1. The smallest absolute Gasteiger partial charge is 0.252 e. The normalized spacial score (nSPS) is 13.1. The molecule has 2 aliphatic heterocycles. The Labute approximate surface area is 656 Å². The minimum atomic E-state index is -0.274. The Morgan fingerprint density at radius 3 is 0.820 bits per heavy atom. The molecular weight excluding hydrogens is 1340 g/mol. The lowest BCUT2D eigenvalue weighted by Crippen LogP contribution is -2.59. The van der Waals surface area contributed by atoms with Crippen LogP contribution >= 0.6 is 0 Å². The zero-order chi connectivity index (χ0) is 77.3. The van der Waals surface area contributed by atoms with Gasteiger partial charge in [-0.25, -0.2) is 15.0 Å². The fourth-order valence-electron chi connectivity index (χ4n) is 17.4. The lowest BCUT2D eigenvalue weighted by Gasteiger charge is -2.34. The molecule has 0 saturated heterocycles. The van der Waals surface area contributed by atoms with Crippen LogP contribution in [0.2, 0.25) is 0 Å². The Hall–Kier alpha value is -11.5. The van der Waals surface area contributed by atoms with Gasteiger partial charge in [-0.3, -0.25) is 0 Å². The SMILES string of the molecule is CC(C)(C)c1ccc(-c2cc3c4c(c2)c2c(-c5ccccc5)cc(-c5ccccc5)cc2n4-c2cc(-c4nc(-c5cc(C(C)(C)C)cc(C(C)(C)C)c5)nc(-c5cc(C(C)(C)C)cc(C(C)(C)C)c5)n4)cc4c2B3c2cc(-c3ccc(C(C)(C)C)cc3)cc3c5c(-c6ccccc6)cc(-c6ccccc6)cc5n-4c23)cc1. The molecule has 3 aromatic heterocycles. The minimum absolute atomic E-state index is 0.0289. The van der Waals surface area contributed by atoms with Crippen molar-refractivity contribution in [1.29, 1.82) is 0 Å². The molecule has 0 aliphatic carbocycles. The Bertz CT molecular complexity index is 5980. The molecule has 0 fully saturated rings. The van der Waals surface area contributed by atoms with Crippen LogP contribution in [0.5, 0.6) is 0 Å². The van der Waals surface area contributed by atoms with E-state index in [0.29, 0.717) is 17.5 Å². The largest absolute Gasteiger partial charge is 0.310 e. The summed E-state index contributed by atoms with van der Waals surface area (Å²) in [7, 11) is 0. The maximum Gasteiger partial charge on any atom is 0.252 e. The van der Waals surface area contributed by atoms with E-state index in [9.17, 15) is 0 Å². The number of rotatable bonds is 9. The standard InChI is InChI=1S/C105H98BN5/c1-100(2,3)76-43-39-65(40-44-76)69-53-84-92-82(67-35-27-21-28-36-67)51-71(63-31-23-19-24-32-63)57-88(92)110-90-59-75(99-108-97(73-47-78(102(7,8)9)61-79(48-73)103(10,11)12)107-98(109-99)74-49-80(104(13,14)15)62-81(50-74)105(16,17)18)60-91-94(90)106(86(55-69)95(84)110)87-56-70(66-41-45-77(46-42-66)101(4,5)6)54-85-93-83(68-37-29-22-30-38-68)52-72(64-33-25-20-26-34-64)58-89(93)111(91)96(85)87/h19-62H,1-18H3. The second-order valence-electron chi connectivity index (χ2n) is 37.8. The first-order valence-electron chi connectivity index (χ1n) is 39.8. The van der Waals surface area contributed by atoms with Gasteiger partial charge in [-0.15, -0.1) is 0 Å². The summed E-state index contributed by atoms with van der Waals surface area (Å²) in [5.41, 5.74) is 34.2. The van der Waals surface area contributed by atoms with Crippen LogP contribution in [0.15, 0.2) is 267 Å². The molecule has 111 heavy (non-hydrogen) atoms. The van der Waals surface area contributed by atoms with Gasteiger partial charge in [-0.05, 0) is 222 Å². The van der Waals surface area contributed by atoms with Crippen LogP contribution in [0.4, 0.5) is 0 Å². The van der Waals surface area contributed by atoms with Crippen LogP contribution in [-0.2, 0) is 32.5 Å². The molecule has 16 aromatic rings.